The molecule has 0 saturated carbocycles. The van der Waals surface area contributed by atoms with Crippen molar-refractivity contribution in [3.63, 3.8) is 0 Å². The van der Waals surface area contributed by atoms with E-state index in [0.717, 1.165) is 12.5 Å². The van der Waals surface area contributed by atoms with E-state index in [1.807, 2.05) is 0 Å². The van der Waals surface area contributed by atoms with E-state index in [4.69, 9.17) is 0 Å². The Balaban J connectivity index is 4.26. The minimum atomic E-state index is 0.591. The highest BCUT2D eigenvalue weighted by molar-refractivity contribution is 4.76. The smallest absolute Gasteiger partial charge is 0.0105 e. The van der Waals surface area contributed by atoms with Crippen molar-refractivity contribution in [1.82, 2.24) is 10.2 Å². The summed E-state index contributed by atoms with van der Waals surface area (Å²) < 4.78 is 0. The molecular weight excluding hydrogens is 220 g/mol. The maximum absolute atomic E-state index is 3.56. The highest BCUT2D eigenvalue weighted by atomic mass is 15.2. The maximum Gasteiger partial charge on any atom is 0.0105 e. The maximum atomic E-state index is 3.56. The third-order valence-electron chi connectivity index (χ3n) is 4.30. The van der Waals surface area contributed by atoms with Crippen LogP contribution in [0.2, 0.25) is 0 Å². The molecule has 0 amide bonds. The lowest BCUT2D eigenvalue weighted by molar-refractivity contribution is 0.139. The van der Waals surface area contributed by atoms with Crippen LogP contribution in [0.4, 0.5) is 0 Å². The summed E-state index contributed by atoms with van der Waals surface area (Å²) in [7, 11) is 0. The van der Waals surface area contributed by atoms with Gasteiger partial charge in [-0.3, -0.25) is 0 Å². The zero-order valence-corrected chi connectivity index (χ0v) is 13.8. The van der Waals surface area contributed by atoms with Gasteiger partial charge in [-0.25, -0.2) is 0 Å². The lowest BCUT2D eigenvalue weighted by Crippen LogP contribution is -2.44. The second-order valence-corrected chi connectivity index (χ2v) is 6.05. The summed E-state index contributed by atoms with van der Waals surface area (Å²) >= 11 is 0. The van der Waals surface area contributed by atoms with Gasteiger partial charge in [-0.15, -0.1) is 0 Å². The molecule has 0 aliphatic heterocycles. The zero-order chi connectivity index (χ0) is 14.1. The summed E-state index contributed by atoms with van der Waals surface area (Å²) in [5, 5.41) is 3.56. The first-order chi connectivity index (χ1) is 8.46. The predicted molar refractivity (Wildman–Crippen MR) is 83.1 cm³/mol. The third-order valence-corrected chi connectivity index (χ3v) is 4.30. The molecule has 0 bridgehead atoms. The summed E-state index contributed by atoms with van der Waals surface area (Å²) in [4.78, 5) is 2.66. The Morgan fingerprint density at radius 1 is 0.944 bits per heavy atom. The molecule has 0 spiro atoms. The molecule has 0 aliphatic rings. The van der Waals surface area contributed by atoms with Crippen LogP contribution in [-0.4, -0.2) is 36.6 Å². The summed E-state index contributed by atoms with van der Waals surface area (Å²) in [6.07, 6.45) is 2.61. The van der Waals surface area contributed by atoms with E-state index in [1.165, 1.54) is 25.9 Å². The molecule has 0 aromatic carbocycles. The monoisotopic (exact) mass is 256 g/mol. The summed E-state index contributed by atoms with van der Waals surface area (Å²) in [5.74, 6) is 1.57. The molecule has 2 unspecified atom stereocenters. The van der Waals surface area contributed by atoms with Crippen molar-refractivity contribution in [2.24, 2.45) is 11.8 Å². The van der Waals surface area contributed by atoms with Gasteiger partial charge in [0, 0.05) is 18.6 Å². The highest BCUT2D eigenvalue weighted by Gasteiger charge is 2.20. The Morgan fingerprint density at radius 2 is 1.50 bits per heavy atom. The molecular formula is C16H36N2. The van der Waals surface area contributed by atoms with Crippen LogP contribution >= 0.6 is 0 Å². The van der Waals surface area contributed by atoms with Gasteiger partial charge in [0.1, 0.15) is 0 Å². The van der Waals surface area contributed by atoms with Crippen molar-refractivity contribution in [2.45, 2.75) is 73.4 Å². The van der Waals surface area contributed by atoms with E-state index < -0.39 is 0 Å². The fourth-order valence-electron chi connectivity index (χ4n) is 2.41. The van der Waals surface area contributed by atoms with Crippen molar-refractivity contribution in [1.29, 1.82) is 0 Å². The third kappa shape index (κ3) is 6.75. The molecule has 0 aromatic rings. The summed E-state index contributed by atoms with van der Waals surface area (Å²) in [5.41, 5.74) is 0. The highest BCUT2D eigenvalue weighted by Crippen LogP contribution is 2.16. The molecule has 1 N–H and O–H groups in total. The van der Waals surface area contributed by atoms with E-state index in [9.17, 15) is 0 Å². The Hall–Kier alpha value is -0.0800. The predicted octanol–water partition coefficient (Wildman–Crippen LogP) is 3.77. The van der Waals surface area contributed by atoms with Gasteiger partial charge in [0.05, 0.1) is 0 Å². The molecule has 0 aliphatic carbocycles. The van der Waals surface area contributed by atoms with Gasteiger partial charge in [-0.2, -0.15) is 0 Å². The number of rotatable bonds is 10. The lowest BCUT2D eigenvalue weighted by Gasteiger charge is -2.35. The van der Waals surface area contributed by atoms with Crippen LogP contribution in [0.1, 0.15) is 61.3 Å². The van der Waals surface area contributed by atoms with E-state index in [-0.39, 0.29) is 0 Å². The average Bonchev–Trinajstić information content (AvgIpc) is 2.36. The van der Waals surface area contributed by atoms with Gasteiger partial charge < -0.3 is 10.2 Å². The largest absolute Gasteiger partial charge is 0.314 e. The minimum absolute atomic E-state index is 0.591. The Bertz CT molecular complexity index is 188. The Morgan fingerprint density at radius 3 is 1.89 bits per heavy atom. The van der Waals surface area contributed by atoms with E-state index in [1.54, 1.807) is 0 Å². The molecule has 18 heavy (non-hydrogen) atoms. The van der Waals surface area contributed by atoms with Crippen molar-refractivity contribution in [3.05, 3.63) is 0 Å². The molecule has 0 rings (SSSR count). The van der Waals surface area contributed by atoms with Crippen LogP contribution < -0.4 is 5.32 Å². The van der Waals surface area contributed by atoms with Gasteiger partial charge >= 0.3 is 0 Å². The molecule has 0 heterocycles. The van der Waals surface area contributed by atoms with E-state index in [0.29, 0.717) is 18.0 Å². The number of nitrogens with one attached hydrogen (secondary N) is 1. The van der Waals surface area contributed by atoms with Crippen molar-refractivity contribution >= 4 is 0 Å². The molecule has 2 atom stereocenters. The van der Waals surface area contributed by atoms with Crippen molar-refractivity contribution in [2.75, 3.05) is 19.6 Å². The zero-order valence-electron chi connectivity index (χ0n) is 13.8. The molecule has 0 aromatic heterocycles. The van der Waals surface area contributed by atoms with Gasteiger partial charge in [0.15, 0.2) is 0 Å². The van der Waals surface area contributed by atoms with Gasteiger partial charge in [0.25, 0.3) is 0 Å². The summed E-state index contributed by atoms with van der Waals surface area (Å²) in [6.45, 7) is 19.7. The number of hydrogen-bond acceptors (Lipinski definition) is 2. The average molecular weight is 256 g/mol. The van der Waals surface area contributed by atoms with Crippen LogP contribution in [0.15, 0.2) is 0 Å². The fourth-order valence-corrected chi connectivity index (χ4v) is 2.41. The molecule has 2 nitrogen and oxygen atoms in total. The standard InChI is InChI=1S/C16H36N2/c1-8-16(9-2)12-18(10-3)15(7)14(6)11-17-13(4)5/h13-17H,8-12H2,1-7H3. The number of hydrogen-bond donors (Lipinski definition) is 1. The molecule has 0 fully saturated rings. The topological polar surface area (TPSA) is 15.3 Å². The van der Waals surface area contributed by atoms with Gasteiger partial charge in [0.2, 0.25) is 0 Å². The Labute approximate surface area is 116 Å². The number of nitrogens with zero attached hydrogens (tertiary/aromatic N) is 1. The summed E-state index contributed by atoms with van der Waals surface area (Å²) in [6, 6.07) is 1.26. The van der Waals surface area contributed by atoms with Crippen LogP contribution in [0, 0.1) is 11.8 Å². The van der Waals surface area contributed by atoms with E-state index in [2.05, 4.69) is 58.7 Å². The first kappa shape index (κ1) is 17.9. The fraction of sp³-hybridized carbons (Fsp3) is 1.00. The van der Waals surface area contributed by atoms with Crippen molar-refractivity contribution < 1.29 is 0 Å². The molecule has 0 saturated heterocycles. The molecule has 110 valence electrons. The lowest BCUT2D eigenvalue weighted by atomic mass is 9.97. The van der Waals surface area contributed by atoms with Crippen LogP contribution in [0.25, 0.3) is 0 Å². The van der Waals surface area contributed by atoms with Crippen LogP contribution in [0.3, 0.4) is 0 Å². The van der Waals surface area contributed by atoms with Crippen molar-refractivity contribution in [3.8, 4) is 0 Å². The van der Waals surface area contributed by atoms with Crippen LogP contribution in [0.5, 0.6) is 0 Å². The first-order valence-corrected chi connectivity index (χ1v) is 7.93. The first-order valence-electron chi connectivity index (χ1n) is 7.93. The van der Waals surface area contributed by atoms with Crippen LogP contribution in [-0.2, 0) is 0 Å². The SMILES string of the molecule is CCC(CC)CN(CC)C(C)C(C)CNC(C)C. The quantitative estimate of drug-likeness (QED) is 0.640. The van der Waals surface area contributed by atoms with E-state index >= 15 is 0 Å². The second kappa shape index (κ2) is 9.80. The molecule has 0 radical (unpaired) electrons. The normalized spacial score (nSPS) is 15.7. The Kier molecular flexibility index (Phi) is 9.76. The van der Waals surface area contributed by atoms with Gasteiger partial charge in [-0.1, -0.05) is 54.4 Å². The second-order valence-electron chi connectivity index (χ2n) is 6.05. The van der Waals surface area contributed by atoms with Gasteiger partial charge in [-0.05, 0) is 31.8 Å². The minimum Gasteiger partial charge on any atom is -0.314 e. The molecule has 2 heteroatoms.